The Bertz CT molecular complexity index is 237. The fourth-order valence-electron chi connectivity index (χ4n) is 0.250. The highest BCUT2D eigenvalue weighted by Crippen LogP contribution is 1.81. The molecule has 25 heavy (non-hydrogen) atoms. The molecule has 0 aromatic carbocycles. The monoisotopic (exact) mass is 417 g/mol. The van der Waals surface area contributed by atoms with Crippen LogP contribution in [0, 0.1) is 0 Å². The summed E-state index contributed by atoms with van der Waals surface area (Å²) >= 11 is 6.21. The number of unbranched alkanes of at least 4 members (excludes halogenated alkanes) is 1. The van der Waals surface area contributed by atoms with Crippen LogP contribution in [0.2, 0.25) is 0 Å². The normalized spacial score (nSPS) is 7.12. The predicted octanol–water partition coefficient (Wildman–Crippen LogP) is 4.09. The smallest absolute Gasteiger partial charge is 0.375 e. The summed E-state index contributed by atoms with van der Waals surface area (Å²) in [5.74, 6) is 0. The van der Waals surface area contributed by atoms with E-state index in [1.807, 2.05) is 13.8 Å². The number of amides is 2. The first-order valence-electron chi connectivity index (χ1n) is 7.16. The number of hydrogen-bond donors (Lipinski definition) is 4. The lowest BCUT2D eigenvalue weighted by molar-refractivity contribution is 0.163. The maximum atomic E-state index is 9.09. The molecule has 10 heteroatoms. The van der Waals surface area contributed by atoms with Gasteiger partial charge in [0.05, 0.1) is 0 Å². The number of carbonyl (C=O) groups is 2. The van der Waals surface area contributed by atoms with E-state index in [-0.39, 0.29) is 0 Å². The molecule has 0 aliphatic heterocycles. The highest BCUT2D eigenvalue weighted by molar-refractivity contribution is 7.96. The third-order valence-corrected chi connectivity index (χ3v) is 2.00. The van der Waals surface area contributed by atoms with Gasteiger partial charge in [-0.05, 0) is 13.8 Å². The van der Waals surface area contributed by atoms with Gasteiger partial charge in [-0.15, -0.1) is 13.2 Å². The molecule has 0 aliphatic rings. The number of carbonyl (C=O) groups excluding carboxylic acids is 2. The lowest BCUT2D eigenvalue weighted by atomic mass is 10.4. The van der Waals surface area contributed by atoms with Crippen LogP contribution in [0.1, 0.15) is 40.5 Å². The number of thiol groups is 2. The summed E-state index contributed by atoms with van der Waals surface area (Å²) in [5.41, 5.74) is 8.67. The molecule has 0 unspecified atom stereocenters. The molecule has 0 spiro atoms. The Morgan fingerprint density at radius 2 is 1.00 bits per heavy atom. The molecule has 0 saturated heterocycles. The van der Waals surface area contributed by atoms with Crippen LogP contribution in [0.4, 0.5) is 9.59 Å². The van der Waals surface area contributed by atoms with Crippen molar-refractivity contribution in [1.82, 2.24) is 0 Å². The molecule has 0 rings (SSSR count). The Morgan fingerprint density at radius 1 is 0.880 bits per heavy atom. The van der Waals surface area contributed by atoms with Crippen LogP contribution in [-0.2, 0) is 13.3 Å². The summed E-state index contributed by atoms with van der Waals surface area (Å²) in [6.45, 7) is 14.9. The molecule has 0 atom stereocenters. The first-order valence-corrected chi connectivity index (χ1v) is 9.27. The molecule has 0 saturated carbocycles. The average molecular weight is 418 g/mol. The molecule has 0 aromatic heterocycles. The first-order chi connectivity index (χ1) is 11.6. The Kier molecular flexibility index (Phi) is 77.9. The van der Waals surface area contributed by atoms with Crippen molar-refractivity contribution >= 4 is 45.3 Å². The minimum absolute atomic E-state index is 0.639. The van der Waals surface area contributed by atoms with Gasteiger partial charge in [0.25, 0.3) is 10.5 Å². The van der Waals surface area contributed by atoms with Gasteiger partial charge < -0.3 is 24.7 Å². The SMILES string of the molecule is C=CC.C=CC.CCCC.CO[Si](OC)OC.NC(=O)S.NC(=O)S. The third-order valence-electron chi connectivity index (χ3n) is 1.00. The van der Waals surface area contributed by atoms with E-state index in [1.165, 1.54) is 12.8 Å². The number of primary amides is 2. The van der Waals surface area contributed by atoms with Gasteiger partial charge in [0.1, 0.15) is 0 Å². The van der Waals surface area contributed by atoms with Gasteiger partial charge in [0, 0.05) is 21.3 Å². The number of allylic oxidation sites excluding steroid dienone is 2. The lowest BCUT2D eigenvalue weighted by Crippen LogP contribution is -2.21. The van der Waals surface area contributed by atoms with E-state index in [9.17, 15) is 0 Å². The van der Waals surface area contributed by atoms with Gasteiger partial charge in [-0.25, -0.2) is 0 Å². The highest BCUT2D eigenvalue weighted by atomic mass is 32.1. The second kappa shape index (κ2) is 49.5. The molecule has 7 nitrogen and oxygen atoms in total. The zero-order valence-corrected chi connectivity index (χ0v) is 19.4. The van der Waals surface area contributed by atoms with Crippen molar-refractivity contribution in [2.45, 2.75) is 40.5 Å². The molecule has 0 aromatic rings. The van der Waals surface area contributed by atoms with Crippen molar-refractivity contribution in [2.24, 2.45) is 11.5 Å². The van der Waals surface area contributed by atoms with Crippen molar-refractivity contribution < 1.29 is 22.9 Å². The van der Waals surface area contributed by atoms with Crippen LogP contribution in [0.3, 0.4) is 0 Å². The molecule has 153 valence electrons. The summed E-state index contributed by atoms with van der Waals surface area (Å²) in [5, 5.41) is -1.28. The number of rotatable bonds is 4. The van der Waals surface area contributed by atoms with E-state index in [1.54, 1.807) is 33.5 Å². The van der Waals surface area contributed by atoms with E-state index < -0.39 is 20.0 Å². The molecule has 0 aliphatic carbocycles. The van der Waals surface area contributed by atoms with Crippen molar-refractivity contribution in [3.05, 3.63) is 25.3 Å². The van der Waals surface area contributed by atoms with Gasteiger partial charge in [-0.1, -0.05) is 64.1 Å². The largest absolute Gasteiger partial charge is 0.576 e. The topological polar surface area (TPSA) is 114 Å². The van der Waals surface area contributed by atoms with Crippen LogP contribution in [0.5, 0.6) is 0 Å². The van der Waals surface area contributed by atoms with Crippen molar-refractivity contribution in [2.75, 3.05) is 21.3 Å². The van der Waals surface area contributed by atoms with Gasteiger partial charge in [-0.2, -0.15) is 0 Å². The Morgan fingerprint density at radius 3 is 1.00 bits per heavy atom. The van der Waals surface area contributed by atoms with E-state index in [0.717, 1.165) is 0 Å². The zero-order chi connectivity index (χ0) is 21.7. The molecule has 2 amide bonds. The van der Waals surface area contributed by atoms with Crippen LogP contribution < -0.4 is 11.5 Å². The van der Waals surface area contributed by atoms with Gasteiger partial charge in [0.15, 0.2) is 0 Å². The minimum atomic E-state index is -1.36. The Labute approximate surface area is 166 Å². The number of hydrogen-bond acceptors (Lipinski definition) is 5. The summed E-state index contributed by atoms with van der Waals surface area (Å²) in [7, 11) is 3.31. The Balaban J connectivity index is -0.0000000448. The highest BCUT2D eigenvalue weighted by Gasteiger charge is 2.09. The first kappa shape index (κ1) is 39.3. The van der Waals surface area contributed by atoms with E-state index >= 15 is 0 Å². The van der Waals surface area contributed by atoms with Crippen molar-refractivity contribution in [3.8, 4) is 0 Å². The van der Waals surface area contributed by atoms with Crippen molar-refractivity contribution in [1.29, 1.82) is 0 Å². The molecule has 0 heterocycles. The average Bonchev–Trinajstić information content (AvgIpc) is 2.50. The van der Waals surface area contributed by atoms with Crippen molar-refractivity contribution in [3.63, 3.8) is 0 Å². The molecular weight excluding hydrogens is 380 g/mol. The third kappa shape index (κ3) is 270. The quantitative estimate of drug-likeness (QED) is 0.312. The maximum Gasteiger partial charge on any atom is 0.576 e. The van der Waals surface area contributed by atoms with Crippen LogP contribution in [-0.4, -0.2) is 41.3 Å². The number of nitrogens with two attached hydrogens (primary N) is 2. The molecule has 1 radical (unpaired) electrons. The molecular formula is C15H37N2O5S2Si. The summed E-state index contributed by atoms with van der Waals surface area (Å²) in [4.78, 5) is 18.2. The fourth-order valence-corrected chi connectivity index (χ4v) is 0.750. The second-order valence-electron chi connectivity index (χ2n) is 3.36. The van der Waals surface area contributed by atoms with Crippen LogP contribution >= 0.6 is 25.3 Å². The van der Waals surface area contributed by atoms with Gasteiger partial charge >= 0.3 is 9.53 Å². The maximum absolute atomic E-state index is 9.09. The van der Waals surface area contributed by atoms with Gasteiger partial charge in [-0.3, -0.25) is 9.59 Å². The summed E-state index contributed by atoms with van der Waals surface area (Å²) in [6, 6.07) is 0. The fraction of sp³-hybridized carbons (Fsp3) is 0.600. The standard InChI is InChI=1S/C4H10.C3H9O3Si.2C3H6.2CH3NOS/c1-3-4-2;1-4-7(5-2)6-3;2*1-3-2;2*2-1(3)4/h3-4H2,1-2H3;1-3H3;2*3H,1H2,2H3;2*(H3,2,3,4). The van der Waals surface area contributed by atoms with E-state index in [2.05, 4.69) is 63.7 Å². The lowest BCUT2D eigenvalue weighted by Gasteiger charge is -2.02. The summed E-state index contributed by atoms with van der Waals surface area (Å²) < 4.78 is 14.1. The predicted molar refractivity (Wildman–Crippen MR) is 116 cm³/mol. The molecule has 0 bridgehead atoms. The zero-order valence-electron chi connectivity index (χ0n) is 16.6. The van der Waals surface area contributed by atoms with Gasteiger partial charge in [0.2, 0.25) is 0 Å². The molecule has 0 fully saturated rings. The van der Waals surface area contributed by atoms with Crippen LogP contribution in [0.15, 0.2) is 25.3 Å². The molecule has 4 N–H and O–H groups in total. The second-order valence-corrected chi connectivity index (χ2v) is 5.96. The minimum Gasteiger partial charge on any atom is -0.375 e. The Hall–Kier alpha value is -0.783. The van der Waals surface area contributed by atoms with E-state index in [4.69, 9.17) is 22.9 Å². The summed E-state index contributed by atoms with van der Waals surface area (Å²) in [6.07, 6.45) is 6.14. The van der Waals surface area contributed by atoms with E-state index in [0.29, 0.717) is 0 Å². The van der Waals surface area contributed by atoms with Crippen LogP contribution in [0.25, 0.3) is 0 Å².